The second kappa shape index (κ2) is 8.67. The summed E-state index contributed by atoms with van der Waals surface area (Å²) in [5.74, 6) is -1.98. The molecule has 134 valence electrons. The Morgan fingerprint density at radius 3 is 2.31 bits per heavy atom. The molecule has 3 atom stereocenters. The highest BCUT2D eigenvalue weighted by molar-refractivity contribution is 5.82. The number of carboxylic acids is 1. The van der Waals surface area contributed by atoms with E-state index in [4.69, 9.17) is 10.00 Å². The lowest BCUT2D eigenvalue weighted by Gasteiger charge is -2.25. The van der Waals surface area contributed by atoms with Crippen molar-refractivity contribution < 1.29 is 19.4 Å². The molecule has 0 fully saturated rings. The topological polar surface area (TPSA) is 99.4 Å². The van der Waals surface area contributed by atoms with Gasteiger partial charge in [-0.25, -0.2) is 0 Å². The molecule has 0 aliphatic heterocycles. The highest BCUT2D eigenvalue weighted by atomic mass is 16.5. The molecule has 0 aliphatic carbocycles. The summed E-state index contributed by atoms with van der Waals surface area (Å²) in [5, 5.41) is 21.2. The number of aliphatic carboxylic acids is 1. The molecule has 6 nitrogen and oxygen atoms in total. The molecule has 2 N–H and O–H groups in total. The van der Waals surface area contributed by atoms with Gasteiger partial charge in [0.25, 0.3) is 5.91 Å². The van der Waals surface area contributed by atoms with Crippen molar-refractivity contribution in [3.8, 4) is 11.8 Å². The van der Waals surface area contributed by atoms with Crippen LogP contribution in [0.4, 0.5) is 0 Å². The lowest BCUT2D eigenvalue weighted by Crippen LogP contribution is -2.42. The summed E-state index contributed by atoms with van der Waals surface area (Å²) >= 11 is 0. The van der Waals surface area contributed by atoms with Gasteiger partial charge in [-0.3, -0.25) is 9.59 Å². The molecule has 2 rings (SSSR count). The van der Waals surface area contributed by atoms with Crippen LogP contribution < -0.4 is 10.1 Å². The normalized spacial score (nSPS) is 13.7. The molecule has 1 amide bonds. The minimum atomic E-state index is -1.01. The molecule has 0 aliphatic rings. The number of hydrogen-bond acceptors (Lipinski definition) is 4. The average Bonchev–Trinajstić information content (AvgIpc) is 2.66. The van der Waals surface area contributed by atoms with Crippen LogP contribution in [0.3, 0.4) is 0 Å². The van der Waals surface area contributed by atoms with Gasteiger partial charge >= 0.3 is 5.97 Å². The summed E-state index contributed by atoms with van der Waals surface area (Å²) < 4.78 is 5.59. The Kier molecular flexibility index (Phi) is 6.34. The molecule has 2 aromatic carbocycles. The zero-order valence-electron chi connectivity index (χ0n) is 14.5. The smallest absolute Gasteiger partial charge is 0.308 e. The lowest BCUT2D eigenvalue weighted by molar-refractivity contribution is -0.142. The summed E-state index contributed by atoms with van der Waals surface area (Å²) in [4.78, 5) is 24.0. The highest BCUT2D eigenvalue weighted by Gasteiger charge is 2.29. The van der Waals surface area contributed by atoms with Crippen molar-refractivity contribution in [1.82, 2.24) is 5.32 Å². The first-order valence-electron chi connectivity index (χ1n) is 8.18. The number of para-hydroxylation sites is 1. The number of nitrogens with zero attached hydrogens (tertiary/aromatic N) is 1. The van der Waals surface area contributed by atoms with Crippen LogP contribution in [-0.4, -0.2) is 23.1 Å². The van der Waals surface area contributed by atoms with E-state index in [2.05, 4.69) is 5.32 Å². The molecule has 0 heterocycles. The fraction of sp³-hybridized carbons (Fsp3) is 0.250. The maximum absolute atomic E-state index is 12.5. The van der Waals surface area contributed by atoms with Crippen molar-refractivity contribution in [3.05, 3.63) is 65.7 Å². The number of rotatable bonds is 7. The maximum Gasteiger partial charge on any atom is 0.308 e. The molecule has 3 unspecified atom stereocenters. The number of carbonyl (C=O) groups excluding carboxylic acids is 1. The van der Waals surface area contributed by atoms with E-state index in [1.807, 2.05) is 12.1 Å². The number of carbonyl (C=O) groups is 2. The average molecular weight is 352 g/mol. The van der Waals surface area contributed by atoms with Crippen molar-refractivity contribution in [1.29, 1.82) is 5.26 Å². The number of ether oxygens (including phenoxy) is 1. The summed E-state index contributed by atoms with van der Waals surface area (Å²) in [6.07, 6.45) is -0.892. The van der Waals surface area contributed by atoms with Gasteiger partial charge in [0.15, 0.2) is 6.10 Å². The first kappa shape index (κ1) is 19.0. The van der Waals surface area contributed by atoms with Gasteiger partial charge in [0.2, 0.25) is 0 Å². The quantitative estimate of drug-likeness (QED) is 0.798. The molecule has 0 aromatic heterocycles. The van der Waals surface area contributed by atoms with Crippen molar-refractivity contribution in [2.45, 2.75) is 26.0 Å². The minimum absolute atomic E-state index is 0.306. The number of nitrogens with one attached hydrogen (secondary N) is 1. The molecule has 0 radical (unpaired) electrons. The molecule has 6 heteroatoms. The van der Waals surface area contributed by atoms with Gasteiger partial charge in [0, 0.05) is 0 Å². The number of carboxylic acid groups (broad SMARTS) is 1. The Labute approximate surface area is 152 Å². The fourth-order valence-corrected chi connectivity index (χ4v) is 2.48. The van der Waals surface area contributed by atoms with Crippen LogP contribution in [0, 0.1) is 17.2 Å². The van der Waals surface area contributed by atoms with E-state index in [-0.39, 0.29) is 0 Å². The van der Waals surface area contributed by atoms with Gasteiger partial charge in [-0.1, -0.05) is 42.5 Å². The molecular weight excluding hydrogens is 332 g/mol. The molecule has 26 heavy (non-hydrogen) atoms. The maximum atomic E-state index is 12.5. The summed E-state index contributed by atoms with van der Waals surface area (Å²) in [5.41, 5.74) is 1.02. The van der Waals surface area contributed by atoms with Crippen LogP contribution in [0.2, 0.25) is 0 Å². The van der Waals surface area contributed by atoms with Crippen LogP contribution in [0.5, 0.6) is 5.75 Å². The Morgan fingerprint density at radius 1 is 1.08 bits per heavy atom. The van der Waals surface area contributed by atoms with E-state index in [0.29, 0.717) is 16.9 Å². The Balaban J connectivity index is 2.16. The van der Waals surface area contributed by atoms with Crippen LogP contribution in [0.15, 0.2) is 54.6 Å². The van der Waals surface area contributed by atoms with Crippen molar-refractivity contribution in [3.63, 3.8) is 0 Å². The fourth-order valence-electron chi connectivity index (χ4n) is 2.48. The molecule has 0 spiro atoms. The number of nitriles is 1. The third kappa shape index (κ3) is 4.61. The number of benzene rings is 2. The molecule has 2 aromatic rings. The first-order chi connectivity index (χ1) is 12.4. The van der Waals surface area contributed by atoms with E-state index in [0.717, 1.165) is 0 Å². The monoisotopic (exact) mass is 352 g/mol. The van der Waals surface area contributed by atoms with Crippen LogP contribution >= 0.6 is 0 Å². The van der Waals surface area contributed by atoms with E-state index in [1.54, 1.807) is 55.5 Å². The standard InChI is InChI=1S/C20H20N2O4/c1-13(20(24)25)18(15-8-4-3-5-9-15)22-19(23)14(2)26-17-11-7-6-10-16(17)12-21/h3-11,13-14,18H,1-2H3,(H,22,23)(H,24,25). The third-order valence-corrected chi connectivity index (χ3v) is 4.03. The third-order valence-electron chi connectivity index (χ3n) is 4.03. The second-order valence-corrected chi connectivity index (χ2v) is 5.89. The largest absolute Gasteiger partial charge is 0.481 e. The zero-order chi connectivity index (χ0) is 19.1. The number of amides is 1. The van der Waals surface area contributed by atoms with E-state index < -0.39 is 29.9 Å². The summed E-state index contributed by atoms with van der Waals surface area (Å²) in [6, 6.07) is 16.8. The van der Waals surface area contributed by atoms with Crippen LogP contribution in [0.25, 0.3) is 0 Å². The van der Waals surface area contributed by atoms with Gasteiger partial charge in [-0.2, -0.15) is 5.26 Å². The molecule has 0 saturated carbocycles. The Hall–Kier alpha value is -3.33. The lowest BCUT2D eigenvalue weighted by atomic mass is 9.94. The van der Waals surface area contributed by atoms with Crippen LogP contribution in [-0.2, 0) is 9.59 Å². The SMILES string of the molecule is CC(Oc1ccccc1C#N)C(=O)NC(c1ccccc1)C(C)C(=O)O. The number of hydrogen-bond donors (Lipinski definition) is 2. The van der Waals surface area contributed by atoms with Crippen molar-refractivity contribution in [2.75, 3.05) is 0 Å². The predicted octanol–water partition coefficient (Wildman–Crippen LogP) is 2.90. The molecule has 0 bridgehead atoms. The van der Waals surface area contributed by atoms with E-state index in [1.165, 1.54) is 6.92 Å². The van der Waals surface area contributed by atoms with Gasteiger partial charge in [0.05, 0.1) is 17.5 Å². The van der Waals surface area contributed by atoms with Gasteiger partial charge in [0.1, 0.15) is 11.8 Å². The Bertz CT molecular complexity index is 814. The minimum Gasteiger partial charge on any atom is -0.481 e. The van der Waals surface area contributed by atoms with Gasteiger partial charge in [-0.05, 0) is 31.5 Å². The van der Waals surface area contributed by atoms with Gasteiger partial charge in [-0.15, -0.1) is 0 Å². The Morgan fingerprint density at radius 2 is 1.69 bits per heavy atom. The second-order valence-electron chi connectivity index (χ2n) is 5.89. The summed E-state index contributed by atoms with van der Waals surface area (Å²) in [7, 11) is 0. The van der Waals surface area contributed by atoms with Crippen LogP contribution in [0.1, 0.15) is 31.0 Å². The highest BCUT2D eigenvalue weighted by Crippen LogP contribution is 2.23. The predicted molar refractivity (Wildman–Crippen MR) is 95.4 cm³/mol. The molecule has 0 saturated heterocycles. The van der Waals surface area contributed by atoms with Crippen molar-refractivity contribution in [2.24, 2.45) is 5.92 Å². The van der Waals surface area contributed by atoms with Gasteiger partial charge < -0.3 is 15.2 Å². The first-order valence-corrected chi connectivity index (χ1v) is 8.18. The van der Waals surface area contributed by atoms with E-state index in [9.17, 15) is 14.7 Å². The van der Waals surface area contributed by atoms with E-state index >= 15 is 0 Å². The summed E-state index contributed by atoms with van der Waals surface area (Å²) in [6.45, 7) is 3.09. The molecular formula is C20H20N2O4. The zero-order valence-corrected chi connectivity index (χ0v) is 14.5. The van der Waals surface area contributed by atoms with Crippen molar-refractivity contribution >= 4 is 11.9 Å².